The third-order valence-corrected chi connectivity index (χ3v) is 5.05. The molecule has 1 atom stereocenters. The number of rotatable bonds is 3. The van der Waals surface area contributed by atoms with Crippen molar-refractivity contribution in [2.75, 3.05) is 18.8 Å². The first-order chi connectivity index (χ1) is 8.15. The highest BCUT2D eigenvalue weighted by Crippen LogP contribution is 2.23. The van der Waals surface area contributed by atoms with Gasteiger partial charge in [-0.2, -0.15) is 0 Å². The molecule has 0 radical (unpaired) electrons. The summed E-state index contributed by atoms with van der Waals surface area (Å²) in [6, 6.07) is 0. The molecule has 1 fully saturated rings. The van der Waals surface area contributed by atoms with E-state index in [0.717, 1.165) is 29.5 Å². The molecule has 1 saturated heterocycles. The van der Waals surface area contributed by atoms with Crippen LogP contribution in [0.1, 0.15) is 25.5 Å². The molecular formula is C12H18N2OS2. The van der Waals surface area contributed by atoms with Gasteiger partial charge in [-0.25, -0.2) is 4.98 Å². The molecule has 1 aliphatic heterocycles. The van der Waals surface area contributed by atoms with Gasteiger partial charge in [-0.15, -0.1) is 11.3 Å². The van der Waals surface area contributed by atoms with Crippen LogP contribution in [-0.4, -0.2) is 34.6 Å². The second-order valence-corrected chi connectivity index (χ2v) is 6.71. The summed E-state index contributed by atoms with van der Waals surface area (Å²) >= 11 is 3.18. The van der Waals surface area contributed by atoms with Crippen LogP contribution in [0.15, 0.2) is 9.72 Å². The zero-order valence-electron chi connectivity index (χ0n) is 10.3. The van der Waals surface area contributed by atoms with Crippen molar-refractivity contribution >= 4 is 29.0 Å². The van der Waals surface area contributed by atoms with Crippen molar-refractivity contribution in [3.8, 4) is 0 Å². The number of aromatic nitrogens is 1. The summed E-state index contributed by atoms with van der Waals surface area (Å²) in [6.45, 7) is 6.06. The summed E-state index contributed by atoms with van der Waals surface area (Å²) in [4.78, 5) is 18.4. The zero-order chi connectivity index (χ0) is 12.3. The number of aryl methyl sites for hydroxylation is 1. The third kappa shape index (κ3) is 3.71. The second kappa shape index (κ2) is 5.87. The predicted octanol–water partition coefficient (Wildman–Crippen LogP) is 2.80. The lowest BCUT2D eigenvalue weighted by Crippen LogP contribution is -2.40. The zero-order valence-corrected chi connectivity index (χ0v) is 11.9. The number of piperidine rings is 1. The molecule has 2 rings (SSSR count). The Labute approximate surface area is 111 Å². The van der Waals surface area contributed by atoms with Crippen molar-refractivity contribution in [2.45, 2.75) is 31.0 Å². The second-order valence-electron chi connectivity index (χ2n) is 4.63. The molecule has 1 aliphatic rings. The summed E-state index contributed by atoms with van der Waals surface area (Å²) in [6.07, 6.45) is 2.40. The summed E-state index contributed by atoms with van der Waals surface area (Å²) in [7, 11) is 0. The van der Waals surface area contributed by atoms with Gasteiger partial charge in [0, 0.05) is 24.2 Å². The molecule has 0 spiro atoms. The number of hydrogen-bond acceptors (Lipinski definition) is 4. The van der Waals surface area contributed by atoms with Crippen LogP contribution < -0.4 is 0 Å². The minimum Gasteiger partial charge on any atom is -0.342 e. The van der Waals surface area contributed by atoms with Gasteiger partial charge in [-0.1, -0.05) is 18.7 Å². The number of thiazole rings is 1. The summed E-state index contributed by atoms with van der Waals surface area (Å²) in [5, 5.41) is 2.02. The number of thioether (sulfide) groups is 1. The van der Waals surface area contributed by atoms with Gasteiger partial charge in [0.05, 0.1) is 5.75 Å². The number of carbonyl (C=O) groups is 1. The summed E-state index contributed by atoms with van der Waals surface area (Å²) in [5.74, 6) is 1.44. The monoisotopic (exact) mass is 270 g/mol. The van der Waals surface area contributed by atoms with Crippen LogP contribution in [0.25, 0.3) is 0 Å². The third-order valence-electron chi connectivity index (χ3n) is 2.93. The van der Waals surface area contributed by atoms with Gasteiger partial charge in [-0.05, 0) is 25.7 Å². The molecule has 0 aliphatic carbocycles. The van der Waals surface area contributed by atoms with E-state index < -0.39 is 0 Å². The average molecular weight is 270 g/mol. The highest BCUT2D eigenvalue weighted by atomic mass is 32.2. The Hall–Kier alpha value is -0.550. The molecule has 5 heteroatoms. The van der Waals surface area contributed by atoms with Crippen LogP contribution in [0, 0.1) is 12.8 Å². The van der Waals surface area contributed by atoms with E-state index in [1.54, 1.807) is 23.1 Å². The lowest BCUT2D eigenvalue weighted by molar-refractivity contribution is -0.130. The molecule has 1 unspecified atom stereocenters. The minimum atomic E-state index is 0.259. The lowest BCUT2D eigenvalue weighted by atomic mass is 10.0. The Kier molecular flexibility index (Phi) is 4.45. The Morgan fingerprint density at radius 2 is 2.53 bits per heavy atom. The molecule has 0 bridgehead atoms. The first kappa shape index (κ1) is 12.9. The van der Waals surface area contributed by atoms with Crippen LogP contribution in [0.3, 0.4) is 0 Å². The number of hydrogen-bond donors (Lipinski definition) is 0. The van der Waals surface area contributed by atoms with E-state index in [-0.39, 0.29) is 5.91 Å². The van der Waals surface area contributed by atoms with Gasteiger partial charge in [0.15, 0.2) is 4.34 Å². The van der Waals surface area contributed by atoms with E-state index in [0.29, 0.717) is 11.7 Å². The van der Waals surface area contributed by atoms with E-state index in [2.05, 4.69) is 11.9 Å². The molecular weight excluding hydrogens is 252 g/mol. The Morgan fingerprint density at radius 3 is 3.18 bits per heavy atom. The van der Waals surface area contributed by atoms with Crippen LogP contribution in [-0.2, 0) is 4.79 Å². The van der Waals surface area contributed by atoms with E-state index in [1.165, 1.54) is 6.42 Å². The normalized spacial score (nSPS) is 20.6. The molecule has 1 amide bonds. The molecule has 1 aromatic heterocycles. The fourth-order valence-electron chi connectivity index (χ4n) is 2.03. The van der Waals surface area contributed by atoms with E-state index in [9.17, 15) is 4.79 Å². The van der Waals surface area contributed by atoms with Gasteiger partial charge in [0.2, 0.25) is 5.91 Å². The standard InChI is InChI=1S/C12H18N2OS2/c1-9-4-3-5-14(6-9)11(15)8-17-12-13-10(2)7-16-12/h7,9H,3-6,8H2,1-2H3. The highest BCUT2D eigenvalue weighted by molar-refractivity contribution is 8.01. The van der Waals surface area contributed by atoms with Crippen molar-refractivity contribution in [1.82, 2.24) is 9.88 Å². The number of carbonyl (C=O) groups excluding carboxylic acids is 1. The van der Waals surface area contributed by atoms with Gasteiger partial charge in [-0.3, -0.25) is 4.79 Å². The van der Waals surface area contributed by atoms with Crippen molar-refractivity contribution in [1.29, 1.82) is 0 Å². The maximum absolute atomic E-state index is 12.0. The molecule has 94 valence electrons. The summed E-state index contributed by atoms with van der Waals surface area (Å²) < 4.78 is 1.00. The lowest BCUT2D eigenvalue weighted by Gasteiger charge is -2.30. The predicted molar refractivity (Wildman–Crippen MR) is 72.6 cm³/mol. The van der Waals surface area contributed by atoms with Crippen LogP contribution in [0.4, 0.5) is 0 Å². The summed E-state index contributed by atoms with van der Waals surface area (Å²) in [5.41, 5.74) is 1.04. The molecule has 17 heavy (non-hydrogen) atoms. The SMILES string of the molecule is Cc1csc(SCC(=O)N2CCCC(C)C2)n1. The van der Waals surface area contributed by atoms with Crippen molar-refractivity contribution in [3.63, 3.8) is 0 Å². The Bertz CT molecular complexity index is 392. The highest BCUT2D eigenvalue weighted by Gasteiger charge is 2.20. The largest absolute Gasteiger partial charge is 0.342 e. The minimum absolute atomic E-state index is 0.259. The van der Waals surface area contributed by atoms with Gasteiger partial charge < -0.3 is 4.90 Å². The maximum atomic E-state index is 12.0. The molecule has 0 N–H and O–H groups in total. The van der Waals surface area contributed by atoms with Crippen LogP contribution in [0.2, 0.25) is 0 Å². The first-order valence-corrected chi connectivity index (χ1v) is 7.84. The Morgan fingerprint density at radius 1 is 1.71 bits per heavy atom. The van der Waals surface area contributed by atoms with Gasteiger partial charge in [0.1, 0.15) is 0 Å². The topological polar surface area (TPSA) is 33.2 Å². The smallest absolute Gasteiger partial charge is 0.233 e. The van der Waals surface area contributed by atoms with E-state index >= 15 is 0 Å². The quantitative estimate of drug-likeness (QED) is 0.792. The van der Waals surface area contributed by atoms with Crippen molar-refractivity contribution in [2.24, 2.45) is 5.92 Å². The molecule has 0 aromatic carbocycles. The molecule has 2 heterocycles. The fourth-order valence-corrected chi connectivity index (χ4v) is 3.78. The number of nitrogens with zero attached hydrogens (tertiary/aromatic N) is 2. The van der Waals surface area contributed by atoms with Gasteiger partial charge >= 0.3 is 0 Å². The van der Waals surface area contributed by atoms with Crippen molar-refractivity contribution < 1.29 is 4.79 Å². The Balaban J connectivity index is 1.80. The van der Waals surface area contributed by atoms with Crippen LogP contribution in [0.5, 0.6) is 0 Å². The van der Waals surface area contributed by atoms with E-state index in [1.807, 2.05) is 17.2 Å². The average Bonchev–Trinajstić information content (AvgIpc) is 2.72. The van der Waals surface area contributed by atoms with Crippen LogP contribution >= 0.6 is 23.1 Å². The first-order valence-electron chi connectivity index (χ1n) is 5.98. The molecule has 1 aromatic rings. The molecule has 0 saturated carbocycles. The maximum Gasteiger partial charge on any atom is 0.233 e. The van der Waals surface area contributed by atoms with Gasteiger partial charge in [0.25, 0.3) is 0 Å². The number of amides is 1. The van der Waals surface area contributed by atoms with E-state index in [4.69, 9.17) is 0 Å². The van der Waals surface area contributed by atoms with Crippen molar-refractivity contribution in [3.05, 3.63) is 11.1 Å². The fraction of sp³-hybridized carbons (Fsp3) is 0.667. The number of likely N-dealkylation sites (tertiary alicyclic amines) is 1. The molecule has 3 nitrogen and oxygen atoms in total.